The number of amides is 1. The van der Waals surface area contributed by atoms with Crippen molar-refractivity contribution in [2.75, 3.05) is 32.8 Å². The van der Waals surface area contributed by atoms with E-state index >= 15 is 0 Å². The van der Waals surface area contributed by atoms with Crippen molar-refractivity contribution in [2.45, 2.75) is 44.9 Å². The van der Waals surface area contributed by atoms with Crippen molar-refractivity contribution in [1.82, 2.24) is 4.98 Å². The number of rotatable bonds is 16. The number of benzene rings is 2. The highest BCUT2D eigenvalue weighted by molar-refractivity contribution is 5.93. The molecule has 0 fully saturated rings. The van der Waals surface area contributed by atoms with Crippen LogP contribution in [0.4, 0.5) is 5.69 Å². The molecule has 0 saturated heterocycles. The van der Waals surface area contributed by atoms with Crippen LogP contribution >= 0.6 is 0 Å². The molecule has 3 aromatic rings. The van der Waals surface area contributed by atoms with Gasteiger partial charge in [-0.05, 0) is 42.7 Å². The Bertz CT molecular complexity index is 1200. The summed E-state index contributed by atoms with van der Waals surface area (Å²) >= 11 is 0. The Morgan fingerprint density at radius 1 is 0.675 bits per heavy atom. The van der Waals surface area contributed by atoms with Crippen LogP contribution in [0.3, 0.4) is 0 Å². The van der Waals surface area contributed by atoms with E-state index in [0.29, 0.717) is 25.4 Å². The van der Waals surface area contributed by atoms with E-state index in [4.69, 9.17) is 9.47 Å². The minimum atomic E-state index is -0.653. The lowest BCUT2D eigenvalue weighted by Gasteiger charge is -2.10. The third-order valence-electron chi connectivity index (χ3n) is 6.01. The first kappa shape index (κ1) is 30.1. The topological polar surface area (TPSA) is 113 Å². The van der Waals surface area contributed by atoms with Crippen LogP contribution in [0.15, 0.2) is 66.7 Å². The summed E-state index contributed by atoms with van der Waals surface area (Å²) < 4.78 is 20.9. The third kappa shape index (κ3) is 10.4. The molecule has 3 rings (SSSR count). The van der Waals surface area contributed by atoms with E-state index in [1.54, 1.807) is 0 Å². The van der Waals surface area contributed by atoms with Gasteiger partial charge in [0, 0.05) is 17.8 Å². The number of methoxy groups -OCH3 is 2. The first-order chi connectivity index (χ1) is 19.5. The largest absolute Gasteiger partial charge is 0.494 e. The average Bonchev–Trinajstić information content (AvgIpc) is 2.98. The van der Waals surface area contributed by atoms with Gasteiger partial charge in [0.2, 0.25) is 5.91 Å². The number of esters is 2. The molecular formula is C31H36N2O7. The maximum Gasteiger partial charge on any atom is 0.356 e. The molecule has 0 saturated carbocycles. The molecule has 40 heavy (non-hydrogen) atoms. The molecule has 0 radical (unpaired) electrons. The number of carbonyl (C=O) groups excluding carboxylic acids is 3. The zero-order valence-electron chi connectivity index (χ0n) is 23.0. The van der Waals surface area contributed by atoms with Crippen molar-refractivity contribution < 1.29 is 33.3 Å². The summed E-state index contributed by atoms with van der Waals surface area (Å²) in [7, 11) is 2.49. The van der Waals surface area contributed by atoms with Gasteiger partial charge in [0.15, 0.2) is 11.4 Å². The fourth-order valence-electron chi connectivity index (χ4n) is 3.92. The van der Waals surface area contributed by atoms with Gasteiger partial charge in [-0.25, -0.2) is 14.6 Å². The third-order valence-corrected chi connectivity index (χ3v) is 6.01. The van der Waals surface area contributed by atoms with Gasteiger partial charge in [0.05, 0.1) is 33.9 Å². The minimum Gasteiger partial charge on any atom is -0.494 e. The number of anilines is 1. The van der Waals surface area contributed by atoms with Crippen molar-refractivity contribution in [3.63, 3.8) is 0 Å². The van der Waals surface area contributed by atoms with Gasteiger partial charge in [0.1, 0.15) is 11.5 Å². The van der Waals surface area contributed by atoms with Crippen molar-refractivity contribution in [3.05, 3.63) is 83.7 Å². The van der Waals surface area contributed by atoms with Crippen LogP contribution in [0.2, 0.25) is 0 Å². The molecule has 0 atom stereocenters. The van der Waals surface area contributed by atoms with Crippen molar-refractivity contribution in [3.8, 4) is 11.5 Å². The molecule has 0 aliphatic carbocycles. The second-order valence-corrected chi connectivity index (χ2v) is 9.11. The maximum absolute atomic E-state index is 12.2. The molecule has 1 heterocycles. The van der Waals surface area contributed by atoms with Gasteiger partial charge in [-0.3, -0.25) is 4.79 Å². The van der Waals surface area contributed by atoms with Crippen LogP contribution in [0, 0.1) is 0 Å². The van der Waals surface area contributed by atoms with E-state index in [9.17, 15) is 14.4 Å². The Labute approximate surface area is 234 Å². The standard InChI is InChI=1S/C31H36N2O7/c1-37-30(35)27-21-26(22-28(33-27)31(36)38-2)40-19-11-6-4-3-5-10-18-39-25-16-14-24(15-17-25)32-29(34)20-23-12-8-7-9-13-23/h7-9,12-17,21-22H,3-6,10-11,18-20H2,1-2H3,(H,32,34). The van der Waals surface area contributed by atoms with Crippen LogP contribution in [0.5, 0.6) is 11.5 Å². The summed E-state index contributed by atoms with van der Waals surface area (Å²) in [6, 6.07) is 20.0. The Balaban J connectivity index is 1.25. The maximum atomic E-state index is 12.2. The predicted octanol–water partition coefficient (Wildman–Crippen LogP) is 5.63. The zero-order valence-corrected chi connectivity index (χ0v) is 23.0. The number of nitrogens with one attached hydrogen (secondary N) is 1. The highest BCUT2D eigenvalue weighted by Crippen LogP contribution is 2.18. The summed E-state index contributed by atoms with van der Waals surface area (Å²) in [5.74, 6) is -0.209. The van der Waals surface area contributed by atoms with Gasteiger partial charge in [0.25, 0.3) is 0 Å². The summed E-state index contributed by atoms with van der Waals surface area (Å²) in [5.41, 5.74) is 1.70. The van der Waals surface area contributed by atoms with Crippen LogP contribution in [-0.4, -0.2) is 50.3 Å². The van der Waals surface area contributed by atoms with E-state index in [-0.39, 0.29) is 17.3 Å². The van der Waals surface area contributed by atoms with Gasteiger partial charge in [-0.15, -0.1) is 0 Å². The minimum absolute atomic E-state index is 0.0100. The molecule has 1 aromatic heterocycles. The number of ether oxygens (including phenoxy) is 4. The molecule has 1 amide bonds. The second-order valence-electron chi connectivity index (χ2n) is 9.11. The van der Waals surface area contributed by atoms with Crippen LogP contribution in [0.25, 0.3) is 0 Å². The summed E-state index contributed by atoms with van der Waals surface area (Å²) in [6.07, 6.45) is 6.35. The smallest absolute Gasteiger partial charge is 0.356 e. The Morgan fingerprint density at radius 3 is 1.75 bits per heavy atom. The quantitative estimate of drug-likeness (QED) is 0.181. The molecule has 1 N–H and O–H groups in total. The van der Waals surface area contributed by atoms with Crippen molar-refractivity contribution >= 4 is 23.5 Å². The van der Waals surface area contributed by atoms with Gasteiger partial charge in [-0.1, -0.05) is 56.0 Å². The molecule has 0 spiro atoms. The first-order valence-corrected chi connectivity index (χ1v) is 13.4. The molecule has 2 aromatic carbocycles. The number of unbranched alkanes of at least 4 members (excludes halogenated alkanes) is 5. The highest BCUT2D eigenvalue weighted by Gasteiger charge is 2.16. The van der Waals surface area contributed by atoms with Crippen molar-refractivity contribution in [2.24, 2.45) is 0 Å². The average molecular weight is 549 g/mol. The normalized spacial score (nSPS) is 10.4. The molecule has 212 valence electrons. The first-order valence-electron chi connectivity index (χ1n) is 13.4. The lowest BCUT2D eigenvalue weighted by Crippen LogP contribution is -2.14. The number of aromatic nitrogens is 1. The van der Waals surface area contributed by atoms with E-state index in [1.807, 2.05) is 54.6 Å². The number of carbonyl (C=O) groups is 3. The van der Waals surface area contributed by atoms with E-state index in [2.05, 4.69) is 19.8 Å². The van der Waals surface area contributed by atoms with Crippen LogP contribution in [0.1, 0.15) is 65.1 Å². The van der Waals surface area contributed by atoms with Gasteiger partial charge in [-0.2, -0.15) is 0 Å². The number of pyridine rings is 1. The summed E-state index contributed by atoms with van der Waals surface area (Å²) in [6.45, 7) is 1.09. The molecule has 0 bridgehead atoms. The fourth-order valence-corrected chi connectivity index (χ4v) is 3.92. The van der Waals surface area contributed by atoms with Crippen molar-refractivity contribution in [1.29, 1.82) is 0 Å². The summed E-state index contributed by atoms with van der Waals surface area (Å²) in [4.78, 5) is 39.8. The lowest BCUT2D eigenvalue weighted by molar-refractivity contribution is -0.115. The Morgan fingerprint density at radius 2 is 1.20 bits per heavy atom. The SMILES string of the molecule is COC(=O)c1cc(OCCCCCCCCOc2ccc(NC(=O)Cc3ccccc3)cc2)cc(C(=O)OC)n1. The molecular weight excluding hydrogens is 512 g/mol. The zero-order chi connectivity index (χ0) is 28.6. The van der Waals surface area contributed by atoms with Crippen LogP contribution in [-0.2, 0) is 20.7 Å². The molecule has 9 nitrogen and oxygen atoms in total. The molecule has 0 aliphatic heterocycles. The van der Waals surface area contributed by atoms with Crippen LogP contribution < -0.4 is 14.8 Å². The number of nitrogens with zero attached hydrogens (tertiary/aromatic N) is 1. The lowest BCUT2D eigenvalue weighted by atomic mass is 10.1. The van der Waals surface area contributed by atoms with Gasteiger partial charge < -0.3 is 24.3 Å². The van der Waals surface area contributed by atoms with E-state index in [0.717, 1.165) is 55.5 Å². The number of hydrogen-bond acceptors (Lipinski definition) is 8. The Kier molecular flexibility index (Phi) is 12.5. The monoisotopic (exact) mass is 548 g/mol. The van der Waals surface area contributed by atoms with Gasteiger partial charge >= 0.3 is 11.9 Å². The fraction of sp³-hybridized carbons (Fsp3) is 0.355. The number of hydrogen-bond donors (Lipinski definition) is 1. The Hall–Kier alpha value is -4.40. The summed E-state index contributed by atoms with van der Waals surface area (Å²) in [5, 5.41) is 2.91. The van der Waals surface area contributed by atoms with E-state index in [1.165, 1.54) is 26.4 Å². The molecule has 0 aliphatic rings. The van der Waals surface area contributed by atoms with E-state index < -0.39 is 11.9 Å². The molecule has 0 unspecified atom stereocenters. The predicted molar refractivity (Wildman–Crippen MR) is 151 cm³/mol. The molecule has 9 heteroatoms. The highest BCUT2D eigenvalue weighted by atomic mass is 16.5. The second kappa shape index (κ2) is 16.5.